The van der Waals surface area contributed by atoms with E-state index in [9.17, 15) is 4.79 Å². The smallest absolute Gasteiger partial charge is 0.237 e. The highest BCUT2D eigenvalue weighted by Crippen LogP contribution is 2.50. The van der Waals surface area contributed by atoms with Crippen molar-refractivity contribution in [3.8, 4) is 0 Å². The first-order chi connectivity index (χ1) is 13.0. The van der Waals surface area contributed by atoms with Gasteiger partial charge in [0.1, 0.15) is 10.2 Å². The van der Waals surface area contributed by atoms with Crippen molar-refractivity contribution in [2.75, 3.05) is 25.5 Å². The highest BCUT2D eigenvalue weighted by atomic mass is 35.5. The predicted molar refractivity (Wildman–Crippen MR) is 112 cm³/mol. The molecule has 1 amide bonds. The second-order valence-electron chi connectivity index (χ2n) is 6.94. The summed E-state index contributed by atoms with van der Waals surface area (Å²) in [6.07, 6.45) is 1.09. The topological polar surface area (TPSA) is 58.1 Å². The van der Waals surface area contributed by atoms with Gasteiger partial charge in [0.25, 0.3) is 0 Å². The van der Waals surface area contributed by atoms with Crippen molar-refractivity contribution in [1.29, 1.82) is 0 Å². The Hall–Kier alpha value is -1.28. The van der Waals surface area contributed by atoms with Gasteiger partial charge < -0.3 is 10.2 Å². The highest BCUT2D eigenvalue weighted by molar-refractivity contribution is 8.01. The molecule has 8 heteroatoms. The van der Waals surface area contributed by atoms with Crippen molar-refractivity contribution in [2.24, 2.45) is 0 Å². The number of benzene rings is 1. The summed E-state index contributed by atoms with van der Waals surface area (Å²) >= 11 is 9.67. The molecule has 0 radical (unpaired) electrons. The Balaban J connectivity index is 1.47. The minimum Gasteiger partial charge on any atom is -0.325 e. The van der Waals surface area contributed by atoms with Gasteiger partial charge in [0.15, 0.2) is 5.16 Å². The molecule has 27 heavy (non-hydrogen) atoms. The van der Waals surface area contributed by atoms with Crippen molar-refractivity contribution >= 4 is 46.7 Å². The van der Waals surface area contributed by atoms with E-state index in [4.69, 9.17) is 16.6 Å². The van der Waals surface area contributed by atoms with Crippen molar-refractivity contribution in [1.82, 2.24) is 14.9 Å². The number of fused-ring (bicyclic) bond motifs is 3. The van der Waals surface area contributed by atoms with Crippen LogP contribution in [0.4, 0.5) is 5.69 Å². The lowest BCUT2D eigenvalue weighted by atomic mass is 9.91. The van der Waals surface area contributed by atoms with Crippen LogP contribution >= 0.6 is 35.1 Å². The van der Waals surface area contributed by atoms with E-state index in [1.165, 1.54) is 11.8 Å². The van der Waals surface area contributed by atoms with Gasteiger partial charge in [-0.3, -0.25) is 4.79 Å². The molecule has 0 saturated carbocycles. The van der Waals surface area contributed by atoms with E-state index >= 15 is 0 Å². The summed E-state index contributed by atoms with van der Waals surface area (Å²) in [6, 6.07) is 9.44. The van der Waals surface area contributed by atoms with Crippen LogP contribution in [0.1, 0.15) is 24.8 Å². The number of para-hydroxylation sites is 1. The molecule has 1 aromatic heterocycles. The lowest BCUT2D eigenvalue weighted by Gasteiger charge is -2.31. The highest BCUT2D eigenvalue weighted by Gasteiger charge is 2.40. The average molecular weight is 421 g/mol. The molecule has 1 fully saturated rings. The van der Waals surface area contributed by atoms with Crippen LogP contribution in [0.3, 0.4) is 0 Å². The first-order valence-electron chi connectivity index (χ1n) is 8.96. The number of nitrogens with zero attached hydrogens (tertiary/aromatic N) is 3. The van der Waals surface area contributed by atoms with Crippen molar-refractivity contribution in [2.45, 2.75) is 39.9 Å². The zero-order valence-corrected chi connectivity index (χ0v) is 17.6. The molecule has 3 unspecified atom stereocenters. The first kappa shape index (κ1) is 19.1. The predicted octanol–water partition coefficient (Wildman–Crippen LogP) is 4.14. The van der Waals surface area contributed by atoms with Crippen LogP contribution < -0.4 is 5.32 Å². The van der Waals surface area contributed by atoms with Crippen LogP contribution in [0.2, 0.25) is 5.15 Å². The summed E-state index contributed by atoms with van der Waals surface area (Å²) in [5.74, 6) is 0.362. The standard InChI is InChI=1S/C19H21ClN4OS2/c1-11(17(25)21-12-6-4-3-5-7-12)26-19-22-16(20)15-13-8-9-24(2)10-14(13)27-18(15)23-19/h3-7,11,13-14H,8-10H2,1-2H3,(H,21,25). The maximum absolute atomic E-state index is 12.4. The van der Waals surface area contributed by atoms with E-state index < -0.39 is 0 Å². The number of nitrogens with one attached hydrogen (secondary N) is 1. The largest absolute Gasteiger partial charge is 0.325 e. The summed E-state index contributed by atoms with van der Waals surface area (Å²) in [6.45, 7) is 3.97. The molecule has 0 spiro atoms. The Morgan fingerprint density at radius 1 is 1.37 bits per heavy atom. The second kappa shape index (κ2) is 7.99. The normalized spacial score (nSPS) is 22.8. The lowest BCUT2D eigenvalue weighted by Crippen LogP contribution is -2.36. The van der Waals surface area contributed by atoms with Gasteiger partial charge in [-0.05, 0) is 39.1 Å². The molecular formula is C19H21ClN4OS2. The summed E-state index contributed by atoms with van der Waals surface area (Å²) in [5, 5.41) is 5.18. The Kier molecular flexibility index (Phi) is 5.64. The number of thioether (sulfide) groups is 2. The van der Waals surface area contributed by atoms with Crippen LogP contribution in [-0.2, 0) is 4.79 Å². The number of amides is 1. The average Bonchev–Trinajstić information content (AvgIpc) is 3.00. The van der Waals surface area contributed by atoms with Gasteiger partial charge in [-0.25, -0.2) is 9.97 Å². The number of aromatic nitrogens is 2. The Morgan fingerprint density at radius 3 is 2.93 bits per heavy atom. The van der Waals surface area contributed by atoms with E-state index in [2.05, 4.69) is 22.2 Å². The number of carbonyl (C=O) groups excluding carboxylic acids is 1. The van der Waals surface area contributed by atoms with Crippen LogP contribution in [-0.4, -0.2) is 51.4 Å². The van der Waals surface area contributed by atoms with Crippen LogP contribution in [0.5, 0.6) is 0 Å². The van der Waals surface area contributed by atoms with Crippen LogP contribution in [0.25, 0.3) is 0 Å². The molecule has 142 valence electrons. The maximum Gasteiger partial charge on any atom is 0.237 e. The Bertz CT molecular complexity index is 851. The summed E-state index contributed by atoms with van der Waals surface area (Å²) < 4.78 is 0. The van der Waals surface area contributed by atoms with Crippen molar-refractivity contribution < 1.29 is 4.79 Å². The number of hydrogen-bond donors (Lipinski definition) is 1. The van der Waals surface area contributed by atoms with Gasteiger partial charge in [0.2, 0.25) is 5.91 Å². The monoisotopic (exact) mass is 420 g/mol. The Labute approximate surface area is 172 Å². The molecule has 3 heterocycles. The summed E-state index contributed by atoms with van der Waals surface area (Å²) in [4.78, 5) is 24.0. The maximum atomic E-state index is 12.4. The summed E-state index contributed by atoms with van der Waals surface area (Å²) in [5.41, 5.74) is 1.89. The van der Waals surface area contributed by atoms with Gasteiger partial charge in [-0.2, -0.15) is 0 Å². The quantitative estimate of drug-likeness (QED) is 0.455. The molecule has 0 aliphatic carbocycles. The minimum absolute atomic E-state index is 0.0747. The fraction of sp³-hybridized carbons (Fsp3) is 0.421. The molecule has 1 saturated heterocycles. The van der Waals surface area contributed by atoms with Gasteiger partial charge in [-0.1, -0.05) is 41.6 Å². The molecule has 3 atom stereocenters. The van der Waals surface area contributed by atoms with E-state index in [0.29, 0.717) is 21.5 Å². The number of anilines is 1. The van der Waals surface area contributed by atoms with Crippen LogP contribution in [0, 0.1) is 0 Å². The second-order valence-corrected chi connectivity index (χ2v) is 9.84. The van der Waals surface area contributed by atoms with E-state index in [-0.39, 0.29) is 11.2 Å². The number of halogens is 1. The lowest BCUT2D eigenvalue weighted by molar-refractivity contribution is -0.115. The van der Waals surface area contributed by atoms with Gasteiger partial charge in [0, 0.05) is 29.0 Å². The van der Waals surface area contributed by atoms with E-state index in [0.717, 1.165) is 35.8 Å². The SMILES string of the molecule is CC(Sc1nc(Cl)c2c(n1)SC1CN(C)CCC21)C(=O)Nc1ccccc1. The number of likely N-dealkylation sites (tertiary alicyclic amines) is 1. The zero-order chi connectivity index (χ0) is 19.0. The molecule has 1 N–H and O–H groups in total. The molecule has 0 bridgehead atoms. The first-order valence-corrected chi connectivity index (χ1v) is 11.1. The number of hydrogen-bond acceptors (Lipinski definition) is 6. The Morgan fingerprint density at radius 2 is 2.15 bits per heavy atom. The number of rotatable bonds is 4. The van der Waals surface area contributed by atoms with Gasteiger partial charge in [0.05, 0.1) is 5.25 Å². The minimum atomic E-state index is -0.320. The van der Waals surface area contributed by atoms with Gasteiger partial charge >= 0.3 is 0 Å². The summed E-state index contributed by atoms with van der Waals surface area (Å²) in [7, 11) is 2.15. The molecule has 1 aromatic carbocycles. The molecule has 4 rings (SSSR count). The number of piperidine rings is 1. The molecule has 5 nitrogen and oxygen atoms in total. The van der Waals surface area contributed by atoms with Crippen LogP contribution in [0.15, 0.2) is 40.5 Å². The zero-order valence-electron chi connectivity index (χ0n) is 15.2. The molecule has 2 aliphatic rings. The van der Waals surface area contributed by atoms with Crippen molar-refractivity contribution in [3.05, 3.63) is 41.0 Å². The third kappa shape index (κ3) is 4.11. The molecule has 2 aromatic rings. The molecular weight excluding hydrogens is 400 g/mol. The fourth-order valence-electron chi connectivity index (χ4n) is 3.50. The number of carbonyl (C=O) groups is 1. The third-order valence-corrected chi connectivity index (χ3v) is 7.50. The van der Waals surface area contributed by atoms with E-state index in [1.54, 1.807) is 11.8 Å². The van der Waals surface area contributed by atoms with E-state index in [1.807, 2.05) is 37.3 Å². The van der Waals surface area contributed by atoms with Crippen molar-refractivity contribution in [3.63, 3.8) is 0 Å². The fourth-order valence-corrected chi connectivity index (χ4v) is 6.31. The third-order valence-electron chi connectivity index (χ3n) is 4.93. The van der Waals surface area contributed by atoms with Gasteiger partial charge in [-0.15, -0.1) is 11.8 Å². The molecule has 2 aliphatic heterocycles.